The molecule has 0 amide bonds. The molecule has 2 saturated heterocycles. The Morgan fingerprint density at radius 1 is 0.810 bits per heavy atom. The lowest BCUT2D eigenvalue weighted by molar-refractivity contribution is -0.350. The number of ether oxygens (including phenoxy) is 5. The second kappa shape index (κ2) is 14.9. The van der Waals surface area contributed by atoms with Crippen molar-refractivity contribution in [3.8, 4) is 0 Å². The summed E-state index contributed by atoms with van der Waals surface area (Å²) < 4.78 is 29.7. The van der Waals surface area contributed by atoms with E-state index in [2.05, 4.69) is 0 Å². The molecule has 2 aliphatic carbocycles. The lowest BCUT2D eigenvalue weighted by Crippen LogP contribution is -2.63. The van der Waals surface area contributed by atoms with Gasteiger partial charge in [0, 0.05) is 0 Å². The number of carboxylic acid groups (broad SMARTS) is 1. The smallest absolute Gasteiger partial charge is 0.332 e. The van der Waals surface area contributed by atoms with Gasteiger partial charge in [0.1, 0.15) is 42.7 Å². The van der Waals surface area contributed by atoms with Gasteiger partial charge >= 0.3 is 5.97 Å². The van der Waals surface area contributed by atoms with E-state index in [4.69, 9.17) is 23.7 Å². The van der Waals surface area contributed by atoms with E-state index in [1.54, 1.807) is 6.92 Å². The zero-order valence-electron chi connectivity index (χ0n) is 24.7. The first kappa shape index (κ1) is 33.9. The molecule has 13 nitrogen and oxygen atoms in total. The first-order valence-corrected chi connectivity index (χ1v) is 15.4. The van der Waals surface area contributed by atoms with E-state index in [-0.39, 0.29) is 24.2 Å². The highest BCUT2D eigenvalue weighted by Gasteiger charge is 2.51. The van der Waals surface area contributed by atoms with Gasteiger partial charge in [0.05, 0.1) is 24.9 Å². The van der Waals surface area contributed by atoms with Gasteiger partial charge in [-0.2, -0.15) is 0 Å². The van der Waals surface area contributed by atoms with E-state index >= 15 is 0 Å². The van der Waals surface area contributed by atoms with Gasteiger partial charge in [0.15, 0.2) is 18.7 Å². The molecule has 0 aromatic rings. The molecule has 0 bridgehead atoms. The van der Waals surface area contributed by atoms with Crippen molar-refractivity contribution in [2.45, 2.75) is 152 Å². The van der Waals surface area contributed by atoms with Gasteiger partial charge in [-0.25, -0.2) is 4.79 Å². The van der Waals surface area contributed by atoms with Crippen LogP contribution in [-0.4, -0.2) is 128 Å². The minimum absolute atomic E-state index is 0.104. The van der Waals surface area contributed by atoms with Crippen molar-refractivity contribution in [3.63, 3.8) is 0 Å². The normalized spacial score (nSPS) is 46.3. The monoisotopic (exact) mass is 606 g/mol. The maximum absolute atomic E-state index is 12.1. The van der Waals surface area contributed by atoms with Crippen LogP contribution >= 0.6 is 0 Å². The molecule has 42 heavy (non-hydrogen) atoms. The van der Waals surface area contributed by atoms with Crippen LogP contribution in [-0.2, 0) is 28.5 Å². The van der Waals surface area contributed by atoms with Crippen LogP contribution in [0.3, 0.4) is 0 Å². The van der Waals surface area contributed by atoms with Gasteiger partial charge in [-0.15, -0.1) is 0 Å². The fourth-order valence-corrected chi connectivity index (χ4v) is 7.03. The number of aliphatic carboxylic acids is 1. The van der Waals surface area contributed by atoms with Crippen molar-refractivity contribution in [3.05, 3.63) is 0 Å². The van der Waals surface area contributed by atoms with Crippen molar-refractivity contribution < 1.29 is 64.2 Å². The summed E-state index contributed by atoms with van der Waals surface area (Å²) in [5, 5.41) is 72.9. The Labute approximate surface area is 246 Å². The van der Waals surface area contributed by atoms with Gasteiger partial charge in [-0.3, -0.25) is 0 Å². The van der Waals surface area contributed by atoms with E-state index in [0.717, 1.165) is 38.5 Å². The Kier molecular flexibility index (Phi) is 12.0. The highest BCUT2D eigenvalue weighted by Crippen LogP contribution is 2.38. The topological polar surface area (TPSA) is 205 Å². The molecule has 0 radical (unpaired) electrons. The maximum atomic E-state index is 12.1. The zero-order valence-corrected chi connectivity index (χ0v) is 24.7. The Hall–Kier alpha value is -0.970. The second-order valence-corrected chi connectivity index (χ2v) is 12.9. The number of hydrogen-bond acceptors (Lipinski definition) is 12. The zero-order chi connectivity index (χ0) is 30.7. The summed E-state index contributed by atoms with van der Waals surface area (Å²) in [6.45, 7) is 4.91. The van der Waals surface area contributed by atoms with Crippen LogP contribution in [0.25, 0.3) is 0 Å². The predicted molar refractivity (Wildman–Crippen MR) is 145 cm³/mol. The van der Waals surface area contributed by atoms with Crippen LogP contribution in [0.15, 0.2) is 0 Å². The van der Waals surface area contributed by atoms with Gasteiger partial charge in [0.2, 0.25) is 0 Å². The van der Waals surface area contributed by atoms with Crippen LogP contribution in [0.1, 0.15) is 72.1 Å². The second-order valence-electron chi connectivity index (χ2n) is 12.9. The van der Waals surface area contributed by atoms with E-state index in [0.29, 0.717) is 6.42 Å². The molecule has 244 valence electrons. The third-order valence-electron chi connectivity index (χ3n) is 9.44. The Morgan fingerprint density at radius 2 is 1.48 bits per heavy atom. The van der Waals surface area contributed by atoms with Crippen LogP contribution < -0.4 is 0 Å². The Morgan fingerprint density at radius 3 is 2.12 bits per heavy atom. The largest absolute Gasteiger partial charge is 0.479 e. The summed E-state index contributed by atoms with van der Waals surface area (Å²) >= 11 is 0. The summed E-state index contributed by atoms with van der Waals surface area (Å²) in [4.78, 5) is 12.1. The summed E-state index contributed by atoms with van der Waals surface area (Å²) in [5.74, 6) is -0.946. The van der Waals surface area contributed by atoms with Gasteiger partial charge in [0.25, 0.3) is 0 Å². The SMILES string of the molecule is C[C@@H]1C[C@H](C)[C@@H](O[C@@H]2O[C@@H](C)[C@@H](O)[C@@H](O)[C@@H]2O)[C@H](O[C@@H]2O[C@H](CO)[C@H](O)[C@H](O[C@@H](CC3CCCCC3)C(=O)O)[C@H]2O)C1. The number of carboxylic acids is 1. The Bertz CT molecular complexity index is 855. The van der Waals surface area contributed by atoms with Crippen LogP contribution in [0.5, 0.6) is 0 Å². The van der Waals surface area contributed by atoms with Crippen molar-refractivity contribution >= 4 is 5.97 Å². The van der Waals surface area contributed by atoms with Crippen molar-refractivity contribution in [1.29, 1.82) is 0 Å². The first-order chi connectivity index (χ1) is 19.9. The molecular weight excluding hydrogens is 556 g/mol. The molecule has 0 spiro atoms. The van der Waals surface area contributed by atoms with E-state index in [9.17, 15) is 40.5 Å². The molecule has 13 heteroatoms. The van der Waals surface area contributed by atoms with E-state index < -0.39 is 92.3 Å². The Balaban J connectivity index is 1.49. The highest BCUT2D eigenvalue weighted by atomic mass is 16.7. The number of hydrogen-bond donors (Lipinski definition) is 7. The number of carbonyl (C=O) groups is 1. The summed E-state index contributed by atoms with van der Waals surface area (Å²) in [6.07, 6.45) is -9.62. The fraction of sp³-hybridized carbons (Fsp3) is 0.966. The minimum atomic E-state index is -1.59. The molecule has 0 unspecified atom stereocenters. The summed E-state index contributed by atoms with van der Waals surface area (Å²) in [5.41, 5.74) is 0. The standard InChI is InChI=1S/C29H50O13/c1-13-9-14(2)25(42-28-23(34)22(33)20(31)15(3)38-28)17(10-13)40-29-24(35)26(21(32)19(12-30)41-29)39-18(27(36)37)11-16-7-5-4-6-8-16/h13-26,28-35H,4-12H2,1-3H3,(H,36,37)/t13-,14+,15+,17-,18+,19-,20-,21+,22-,23+,24-,25-,26+,28+,29-/m1/s1. The lowest BCUT2D eigenvalue weighted by atomic mass is 9.79. The van der Waals surface area contributed by atoms with Gasteiger partial charge < -0.3 is 59.4 Å². The molecule has 7 N–H and O–H groups in total. The van der Waals surface area contributed by atoms with Gasteiger partial charge in [-0.1, -0.05) is 46.0 Å². The summed E-state index contributed by atoms with van der Waals surface area (Å²) in [7, 11) is 0. The predicted octanol–water partition coefficient (Wildman–Crippen LogP) is -0.102. The molecule has 4 rings (SSSR count). The highest BCUT2D eigenvalue weighted by molar-refractivity contribution is 5.72. The average Bonchev–Trinajstić information content (AvgIpc) is 2.95. The molecule has 15 atom stereocenters. The molecule has 2 saturated carbocycles. The molecule has 0 aromatic heterocycles. The van der Waals surface area contributed by atoms with Crippen molar-refractivity contribution in [2.75, 3.05) is 6.61 Å². The molecule has 2 heterocycles. The molecule has 2 aliphatic heterocycles. The maximum Gasteiger partial charge on any atom is 0.332 e. The van der Waals surface area contributed by atoms with Crippen LogP contribution in [0.4, 0.5) is 0 Å². The third kappa shape index (κ3) is 7.81. The quantitative estimate of drug-likeness (QED) is 0.174. The number of rotatable bonds is 10. The summed E-state index contributed by atoms with van der Waals surface area (Å²) in [6, 6.07) is 0. The average molecular weight is 607 g/mol. The van der Waals surface area contributed by atoms with Crippen LogP contribution in [0, 0.1) is 17.8 Å². The van der Waals surface area contributed by atoms with E-state index in [1.807, 2.05) is 13.8 Å². The number of aliphatic hydroxyl groups is 6. The van der Waals surface area contributed by atoms with Crippen molar-refractivity contribution in [2.24, 2.45) is 17.8 Å². The fourth-order valence-electron chi connectivity index (χ4n) is 7.03. The third-order valence-corrected chi connectivity index (χ3v) is 9.44. The minimum Gasteiger partial charge on any atom is -0.479 e. The van der Waals surface area contributed by atoms with Crippen LogP contribution in [0.2, 0.25) is 0 Å². The van der Waals surface area contributed by atoms with Gasteiger partial charge in [-0.05, 0) is 43.9 Å². The lowest BCUT2D eigenvalue weighted by Gasteiger charge is -2.47. The van der Waals surface area contributed by atoms with Crippen molar-refractivity contribution in [1.82, 2.24) is 0 Å². The molecule has 0 aromatic carbocycles. The first-order valence-electron chi connectivity index (χ1n) is 15.4. The van der Waals surface area contributed by atoms with E-state index in [1.165, 1.54) is 0 Å². The number of aliphatic hydroxyl groups excluding tert-OH is 6. The molecule has 4 fully saturated rings. The molecule has 4 aliphatic rings. The molecular formula is C29H50O13.